The molecule has 1 amide bonds. The molecule has 1 fully saturated rings. The number of ether oxygens (including phenoxy) is 2. The van der Waals surface area contributed by atoms with Crippen LogP contribution in [0.25, 0.3) is 0 Å². The maximum absolute atomic E-state index is 12.7. The molecule has 2 aromatic rings. The molecular weight excluding hydrogens is 558 g/mol. The molecule has 1 aliphatic heterocycles. The molecule has 0 aromatic heterocycles. The predicted molar refractivity (Wildman–Crippen MR) is 168 cm³/mol. The van der Waals surface area contributed by atoms with Crippen molar-refractivity contribution >= 4 is 40.7 Å². The number of carbonyl (C=O) groups excluding carboxylic acids is 2. The number of carbonyl (C=O) groups is 2. The Morgan fingerprint density at radius 2 is 1.90 bits per heavy atom. The molecule has 9 heteroatoms. The van der Waals surface area contributed by atoms with Gasteiger partial charge in [0, 0.05) is 29.9 Å². The van der Waals surface area contributed by atoms with E-state index in [0.717, 1.165) is 30.5 Å². The molecule has 1 aliphatic rings. The molecule has 3 rings (SSSR count). The zero-order valence-corrected chi connectivity index (χ0v) is 25.9. The fourth-order valence-corrected chi connectivity index (χ4v) is 5.58. The van der Waals surface area contributed by atoms with Crippen LogP contribution in [-0.4, -0.2) is 59.1 Å². The molecule has 0 bridgehead atoms. The van der Waals surface area contributed by atoms with Gasteiger partial charge in [0.15, 0.2) is 0 Å². The van der Waals surface area contributed by atoms with Gasteiger partial charge < -0.3 is 25.4 Å². The van der Waals surface area contributed by atoms with Gasteiger partial charge in [0.1, 0.15) is 17.6 Å². The second-order valence-corrected chi connectivity index (χ2v) is 12.0. The van der Waals surface area contributed by atoms with Crippen LogP contribution in [0.1, 0.15) is 51.7 Å². The van der Waals surface area contributed by atoms with Gasteiger partial charge in [-0.1, -0.05) is 85.4 Å². The largest absolute Gasteiger partial charge is 0.465 e. The van der Waals surface area contributed by atoms with Gasteiger partial charge in [-0.15, -0.1) is 0 Å². The van der Waals surface area contributed by atoms with E-state index in [1.54, 1.807) is 6.92 Å². The summed E-state index contributed by atoms with van der Waals surface area (Å²) in [5, 5.41) is 3.69. The quantitative estimate of drug-likeness (QED) is 0.185. The van der Waals surface area contributed by atoms with Crippen molar-refractivity contribution < 1.29 is 19.1 Å². The molecule has 0 spiro atoms. The number of thiocarbonyl (C=S) groups is 1. The fourth-order valence-electron chi connectivity index (χ4n) is 4.89. The van der Waals surface area contributed by atoms with E-state index in [-0.39, 0.29) is 30.6 Å². The lowest BCUT2D eigenvalue weighted by molar-refractivity contribution is -0.143. The number of rotatable bonds is 13. The number of benzene rings is 2. The highest BCUT2D eigenvalue weighted by molar-refractivity contribution is 7.80. The molecule has 0 unspecified atom stereocenters. The van der Waals surface area contributed by atoms with Crippen LogP contribution < -0.4 is 11.1 Å². The first-order valence-electron chi connectivity index (χ1n) is 14.1. The molecule has 222 valence electrons. The maximum Gasteiger partial charge on any atom is 0.302 e. The van der Waals surface area contributed by atoms with Gasteiger partial charge in [-0.05, 0) is 56.4 Å². The molecule has 7 nitrogen and oxygen atoms in total. The standard InChI is InChI=1S/C32H42ClN3O4S/c1-22(34)30(38)35-29(23(2)39-20-25-10-6-5-7-11-25)31(41)36-17-9-14-28(36)15-16-32(4,21-40-24(3)37)19-26-12-8-13-27(33)18-26/h5-8,10-13,15-16,18,22-23,28-29H,9,14,17,19-21,34H2,1-4H3,(H,35,38)/t22-,23+,28-,29-,32-/m0/s1. The Morgan fingerprint density at radius 1 is 1.20 bits per heavy atom. The minimum Gasteiger partial charge on any atom is -0.465 e. The lowest BCUT2D eigenvalue weighted by atomic mass is 9.83. The van der Waals surface area contributed by atoms with Gasteiger partial charge in [0.25, 0.3) is 0 Å². The smallest absolute Gasteiger partial charge is 0.302 e. The van der Waals surface area contributed by atoms with Crippen LogP contribution in [0.5, 0.6) is 0 Å². The van der Waals surface area contributed by atoms with E-state index in [4.69, 9.17) is 39.0 Å². The second-order valence-electron chi connectivity index (χ2n) is 11.1. The van der Waals surface area contributed by atoms with E-state index in [1.807, 2.05) is 61.5 Å². The molecule has 0 aliphatic carbocycles. The first-order valence-corrected chi connectivity index (χ1v) is 14.9. The van der Waals surface area contributed by atoms with Crippen molar-refractivity contribution in [3.8, 4) is 0 Å². The van der Waals surface area contributed by atoms with Crippen LogP contribution in [0.15, 0.2) is 66.7 Å². The first-order chi connectivity index (χ1) is 19.5. The molecule has 3 N–H and O–H groups in total. The summed E-state index contributed by atoms with van der Waals surface area (Å²) in [7, 11) is 0. The average Bonchev–Trinajstić information content (AvgIpc) is 3.41. The van der Waals surface area contributed by atoms with Crippen LogP contribution in [0, 0.1) is 5.41 Å². The lowest BCUT2D eigenvalue weighted by Gasteiger charge is -2.34. The van der Waals surface area contributed by atoms with E-state index in [2.05, 4.69) is 29.3 Å². The van der Waals surface area contributed by atoms with Crippen molar-refractivity contribution in [1.29, 1.82) is 0 Å². The topological polar surface area (TPSA) is 93.9 Å². The summed E-state index contributed by atoms with van der Waals surface area (Å²) in [6.07, 6.45) is 6.39. The molecule has 5 atom stereocenters. The van der Waals surface area contributed by atoms with E-state index in [1.165, 1.54) is 6.92 Å². The van der Waals surface area contributed by atoms with Crippen molar-refractivity contribution in [2.24, 2.45) is 11.1 Å². The third-order valence-electron chi connectivity index (χ3n) is 7.21. The molecule has 0 saturated carbocycles. The Bertz CT molecular complexity index is 1210. The SMILES string of the molecule is CC(=O)OC[C@@](C)(C=C[C@@H]1CCCN1C(=S)[C@@H](NC(=O)[C@H](C)N)[C@@H](C)OCc1ccccc1)Cc1cccc(Cl)c1. The van der Waals surface area contributed by atoms with Crippen LogP contribution in [0.2, 0.25) is 5.02 Å². The summed E-state index contributed by atoms with van der Waals surface area (Å²) in [6, 6.07) is 16.4. The molecular formula is C32H42ClN3O4S. The van der Waals surface area contributed by atoms with Crippen molar-refractivity contribution in [3.05, 3.63) is 82.9 Å². The first kappa shape index (κ1) is 32.7. The van der Waals surface area contributed by atoms with Gasteiger partial charge in [-0.3, -0.25) is 9.59 Å². The average molecular weight is 600 g/mol. The number of amides is 1. The maximum atomic E-state index is 12.7. The predicted octanol–water partition coefficient (Wildman–Crippen LogP) is 5.24. The Hall–Kier alpha value is -2.78. The summed E-state index contributed by atoms with van der Waals surface area (Å²) in [5.41, 5.74) is 7.52. The van der Waals surface area contributed by atoms with Crippen molar-refractivity contribution in [2.45, 2.75) is 77.8 Å². The third kappa shape index (κ3) is 10.2. The molecule has 2 aromatic carbocycles. The fraction of sp³-hybridized carbons (Fsp3) is 0.469. The highest BCUT2D eigenvalue weighted by Gasteiger charge is 2.34. The normalized spacial score (nSPS) is 18.9. The summed E-state index contributed by atoms with van der Waals surface area (Å²) in [4.78, 5) is 27.1. The van der Waals surface area contributed by atoms with Crippen molar-refractivity contribution in [3.63, 3.8) is 0 Å². The minimum absolute atomic E-state index is 0.0227. The summed E-state index contributed by atoms with van der Waals surface area (Å²) >= 11 is 12.2. The van der Waals surface area contributed by atoms with Crippen molar-refractivity contribution in [2.75, 3.05) is 13.2 Å². The van der Waals surface area contributed by atoms with Gasteiger partial charge in [0.2, 0.25) is 5.91 Å². The number of nitrogens with one attached hydrogen (secondary N) is 1. The Labute approximate surface area is 254 Å². The summed E-state index contributed by atoms with van der Waals surface area (Å²) < 4.78 is 11.6. The molecule has 1 saturated heterocycles. The van der Waals surface area contributed by atoms with Crippen LogP contribution in [0.3, 0.4) is 0 Å². The minimum atomic E-state index is -0.677. The van der Waals surface area contributed by atoms with E-state index >= 15 is 0 Å². The van der Waals surface area contributed by atoms with Gasteiger partial charge >= 0.3 is 5.97 Å². The monoisotopic (exact) mass is 599 g/mol. The number of halogens is 1. The van der Waals surface area contributed by atoms with Gasteiger partial charge in [-0.2, -0.15) is 0 Å². The highest BCUT2D eigenvalue weighted by Crippen LogP contribution is 2.29. The van der Waals surface area contributed by atoms with Crippen LogP contribution >= 0.6 is 23.8 Å². The van der Waals surface area contributed by atoms with E-state index in [9.17, 15) is 9.59 Å². The summed E-state index contributed by atoms with van der Waals surface area (Å²) in [5.74, 6) is -0.606. The van der Waals surface area contributed by atoms with Gasteiger partial charge in [0.05, 0.1) is 18.8 Å². The zero-order valence-electron chi connectivity index (χ0n) is 24.3. The van der Waals surface area contributed by atoms with E-state index in [0.29, 0.717) is 23.0 Å². The Kier molecular flexibility index (Phi) is 12.3. The number of nitrogens with zero attached hydrogens (tertiary/aromatic N) is 1. The number of likely N-dealkylation sites (tertiary alicyclic amines) is 1. The lowest BCUT2D eigenvalue weighted by Crippen LogP contribution is -2.56. The van der Waals surface area contributed by atoms with Crippen LogP contribution in [0.4, 0.5) is 0 Å². The third-order valence-corrected chi connectivity index (χ3v) is 7.93. The molecule has 41 heavy (non-hydrogen) atoms. The number of nitrogens with two attached hydrogens (primary N) is 1. The second kappa shape index (κ2) is 15.4. The molecule has 1 heterocycles. The molecule has 0 radical (unpaired) electrons. The van der Waals surface area contributed by atoms with Crippen molar-refractivity contribution in [1.82, 2.24) is 10.2 Å². The Balaban J connectivity index is 1.79. The van der Waals surface area contributed by atoms with Gasteiger partial charge in [-0.25, -0.2) is 0 Å². The Morgan fingerprint density at radius 3 is 2.56 bits per heavy atom. The van der Waals surface area contributed by atoms with E-state index < -0.39 is 17.5 Å². The highest BCUT2D eigenvalue weighted by atomic mass is 35.5. The number of hydrogen-bond acceptors (Lipinski definition) is 6. The zero-order chi connectivity index (χ0) is 30.0. The van der Waals surface area contributed by atoms with Crippen LogP contribution in [-0.2, 0) is 32.1 Å². The number of hydrogen-bond donors (Lipinski definition) is 2. The number of esters is 1. The summed E-state index contributed by atoms with van der Waals surface area (Å²) in [6.45, 7) is 8.45.